The summed E-state index contributed by atoms with van der Waals surface area (Å²) in [5.41, 5.74) is 1.94. The molecule has 2 heterocycles. The van der Waals surface area contributed by atoms with Gasteiger partial charge in [0.25, 0.3) is 0 Å². The molecule has 0 saturated heterocycles. The minimum absolute atomic E-state index is 0.0914. The van der Waals surface area contributed by atoms with Crippen molar-refractivity contribution in [3.63, 3.8) is 0 Å². The van der Waals surface area contributed by atoms with Crippen molar-refractivity contribution in [1.82, 2.24) is 4.98 Å². The van der Waals surface area contributed by atoms with Crippen LogP contribution in [0.5, 0.6) is 5.75 Å². The molecule has 1 aliphatic rings. The van der Waals surface area contributed by atoms with Crippen LogP contribution in [0.25, 0.3) is 0 Å². The number of para-hydroxylation sites is 1. The van der Waals surface area contributed by atoms with E-state index < -0.39 is 9.84 Å². The summed E-state index contributed by atoms with van der Waals surface area (Å²) in [5, 5.41) is 2.36. The molecule has 0 spiro atoms. The van der Waals surface area contributed by atoms with E-state index in [4.69, 9.17) is 4.74 Å². The Morgan fingerprint density at radius 1 is 1.16 bits per heavy atom. The maximum absolute atomic E-state index is 12.6. The molecule has 0 fully saturated rings. The maximum atomic E-state index is 12.6. The quantitative estimate of drug-likeness (QED) is 0.700. The molecule has 5 nitrogen and oxygen atoms in total. The molecule has 0 amide bonds. The average molecular weight is 372 g/mol. The van der Waals surface area contributed by atoms with Gasteiger partial charge in [-0.1, -0.05) is 18.2 Å². The summed E-state index contributed by atoms with van der Waals surface area (Å²) in [7, 11) is -3.45. The van der Waals surface area contributed by atoms with Gasteiger partial charge < -0.3 is 9.64 Å². The number of nitrogens with zero attached hydrogens (tertiary/aromatic N) is 2. The topological polar surface area (TPSA) is 59.5 Å². The van der Waals surface area contributed by atoms with Crippen molar-refractivity contribution >= 4 is 32.5 Å². The van der Waals surface area contributed by atoms with Crippen LogP contribution >= 0.6 is 11.3 Å². The molecule has 2 aromatic carbocycles. The van der Waals surface area contributed by atoms with Crippen molar-refractivity contribution in [2.45, 2.75) is 10.6 Å². The van der Waals surface area contributed by atoms with Crippen LogP contribution in [0.1, 0.15) is 5.01 Å². The first-order valence-electron chi connectivity index (χ1n) is 7.84. The van der Waals surface area contributed by atoms with Crippen molar-refractivity contribution in [3.8, 4) is 5.75 Å². The van der Waals surface area contributed by atoms with Gasteiger partial charge in [0.1, 0.15) is 23.1 Å². The lowest BCUT2D eigenvalue weighted by molar-refractivity contribution is 0.313. The van der Waals surface area contributed by atoms with Crippen LogP contribution in [0.3, 0.4) is 0 Å². The van der Waals surface area contributed by atoms with Gasteiger partial charge >= 0.3 is 0 Å². The zero-order chi connectivity index (χ0) is 17.3. The Balaban J connectivity index is 1.68. The fourth-order valence-corrected chi connectivity index (χ4v) is 5.11. The lowest BCUT2D eigenvalue weighted by atomic mass is 10.2. The second kappa shape index (κ2) is 6.50. The first-order chi connectivity index (χ1) is 12.1. The van der Waals surface area contributed by atoms with Gasteiger partial charge in [0, 0.05) is 23.3 Å². The number of rotatable bonds is 4. The van der Waals surface area contributed by atoms with E-state index in [1.165, 1.54) is 11.3 Å². The number of hydrogen-bond acceptors (Lipinski definition) is 6. The van der Waals surface area contributed by atoms with Crippen molar-refractivity contribution < 1.29 is 13.2 Å². The van der Waals surface area contributed by atoms with Crippen molar-refractivity contribution in [2.24, 2.45) is 0 Å². The van der Waals surface area contributed by atoms with E-state index in [1.54, 1.807) is 23.7 Å². The second-order valence-electron chi connectivity index (χ2n) is 5.65. The van der Waals surface area contributed by atoms with E-state index in [-0.39, 0.29) is 10.6 Å². The standard InChI is InChI=1S/C18H16N2O3S2/c21-25(22,13-18-19-8-11-24-18)15-6-7-16-17(12-15)23-10-9-20(16)14-4-2-1-3-5-14/h1-8,11-12H,9-10,13H2. The SMILES string of the molecule is O=S(=O)(Cc1nccs1)c1ccc2c(c1)OCCN2c1ccccc1. The van der Waals surface area contributed by atoms with Crippen molar-refractivity contribution in [1.29, 1.82) is 0 Å². The Kier molecular flexibility index (Phi) is 4.19. The van der Waals surface area contributed by atoms with E-state index >= 15 is 0 Å². The van der Waals surface area contributed by atoms with Gasteiger partial charge in [-0.25, -0.2) is 13.4 Å². The normalized spacial score (nSPS) is 14.0. The summed E-state index contributed by atoms with van der Waals surface area (Å²) in [4.78, 5) is 6.46. The van der Waals surface area contributed by atoms with E-state index in [2.05, 4.69) is 9.88 Å². The smallest absolute Gasteiger partial charge is 0.185 e. The monoisotopic (exact) mass is 372 g/mol. The Bertz CT molecular complexity index is 971. The van der Waals surface area contributed by atoms with Gasteiger partial charge in [0.05, 0.1) is 17.1 Å². The van der Waals surface area contributed by atoms with Gasteiger partial charge in [-0.3, -0.25) is 0 Å². The van der Waals surface area contributed by atoms with Gasteiger partial charge in [0.15, 0.2) is 9.84 Å². The molecule has 128 valence electrons. The third-order valence-electron chi connectivity index (χ3n) is 4.02. The summed E-state index contributed by atoms with van der Waals surface area (Å²) in [6.45, 7) is 1.24. The fraction of sp³-hybridized carbons (Fsp3) is 0.167. The summed E-state index contributed by atoms with van der Waals surface area (Å²) < 4.78 is 31.0. The number of anilines is 2. The van der Waals surface area contributed by atoms with Crippen LogP contribution in [0.2, 0.25) is 0 Å². The van der Waals surface area contributed by atoms with Gasteiger partial charge in [-0.05, 0) is 24.3 Å². The summed E-state index contributed by atoms with van der Waals surface area (Å²) in [6.07, 6.45) is 1.61. The fourth-order valence-electron chi connectivity index (χ4n) is 2.84. The Morgan fingerprint density at radius 2 is 2.00 bits per heavy atom. The molecule has 1 aliphatic heterocycles. The number of sulfone groups is 1. The highest BCUT2D eigenvalue weighted by Gasteiger charge is 2.24. The number of fused-ring (bicyclic) bond motifs is 1. The zero-order valence-corrected chi connectivity index (χ0v) is 15.0. The van der Waals surface area contributed by atoms with Crippen LogP contribution in [-0.4, -0.2) is 26.6 Å². The predicted molar refractivity (Wildman–Crippen MR) is 98.4 cm³/mol. The van der Waals surface area contributed by atoms with E-state index in [9.17, 15) is 8.42 Å². The maximum Gasteiger partial charge on any atom is 0.185 e. The van der Waals surface area contributed by atoms with E-state index in [1.807, 2.05) is 36.4 Å². The first kappa shape index (κ1) is 16.1. The van der Waals surface area contributed by atoms with Crippen LogP contribution in [0.15, 0.2) is 65.0 Å². The molecule has 0 aliphatic carbocycles. The highest BCUT2D eigenvalue weighted by atomic mass is 32.2. The summed E-state index contributed by atoms with van der Waals surface area (Å²) in [5.74, 6) is 0.501. The number of hydrogen-bond donors (Lipinski definition) is 0. The highest BCUT2D eigenvalue weighted by Crippen LogP contribution is 2.38. The van der Waals surface area contributed by atoms with E-state index in [0.717, 1.165) is 17.9 Å². The molecular formula is C18H16N2O3S2. The largest absolute Gasteiger partial charge is 0.489 e. The number of aromatic nitrogens is 1. The molecule has 3 aromatic rings. The van der Waals surface area contributed by atoms with E-state index in [0.29, 0.717) is 17.4 Å². The van der Waals surface area contributed by atoms with Crippen LogP contribution < -0.4 is 9.64 Å². The average Bonchev–Trinajstić information content (AvgIpc) is 3.14. The lowest BCUT2D eigenvalue weighted by Gasteiger charge is -2.31. The Morgan fingerprint density at radius 3 is 2.76 bits per heavy atom. The molecular weight excluding hydrogens is 356 g/mol. The van der Waals surface area contributed by atoms with Crippen molar-refractivity contribution in [3.05, 3.63) is 65.1 Å². The number of benzene rings is 2. The Hall–Kier alpha value is -2.38. The van der Waals surface area contributed by atoms with Crippen LogP contribution in [0.4, 0.5) is 11.4 Å². The van der Waals surface area contributed by atoms with Gasteiger partial charge in [-0.15, -0.1) is 11.3 Å². The van der Waals surface area contributed by atoms with Crippen LogP contribution in [-0.2, 0) is 15.6 Å². The predicted octanol–water partition coefficient (Wildman–Crippen LogP) is 3.65. The zero-order valence-electron chi connectivity index (χ0n) is 13.3. The summed E-state index contributed by atoms with van der Waals surface area (Å²) in [6, 6.07) is 15.1. The molecule has 0 N–H and O–H groups in total. The minimum atomic E-state index is -3.45. The molecule has 0 atom stereocenters. The van der Waals surface area contributed by atoms with Crippen LogP contribution in [0, 0.1) is 0 Å². The highest BCUT2D eigenvalue weighted by molar-refractivity contribution is 7.90. The molecule has 4 rings (SSSR count). The number of thiazole rings is 1. The number of ether oxygens (including phenoxy) is 1. The Labute approximate surface area is 150 Å². The molecule has 0 unspecified atom stereocenters. The molecule has 7 heteroatoms. The van der Waals surface area contributed by atoms with Gasteiger partial charge in [-0.2, -0.15) is 0 Å². The third kappa shape index (κ3) is 3.25. The first-order valence-corrected chi connectivity index (χ1v) is 10.4. The molecule has 0 bridgehead atoms. The minimum Gasteiger partial charge on any atom is -0.489 e. The second-order valence-corrected chi connectivity index (χ2v) is 8.62. The van der Waals surface area contributed by atoms with Crippen molar-refractivity contribution in [2.75, 3.05) is 18.1 Å². The molecule has 25 heavy (non-hydrogen) atoms. The molecule has 0 radical (unpaired) electrons. The molecule has 0 saturated carbocycles. The lowest BCUT2D eigenvalue weighted by Crippen LogP contribution is -2.28. The molecule has 1 aromatic heterocycles. The third-order valence-corrected chi connectivity index (χ3v) is 6.61. The van der Waals surface area contributed by atoms with Gasteiger partial charge in [0.2, 0.25) is 0 Å². The summed E-state index contributed by atoms with van der Waals surface area (Å²) >= 11 is 1.34.